The van der Waals surface area contributed by atoms with E-state index in [-0.39, 0.29) is 56.4 Å². The quantitative estimate of drug-likeness (QED) is 0.0625. The van der Waals surface area contributed by atoms with Crippen molar-refractivity contribution in [2.75, 3.05) is 19.6 Å². The number of benzene rings is 1. The van der Waals surface area contributed by atoms with Crippen LogP contribution in [0.2, 0.25) is 0 Å². The van der Waals surface area contributed by atoms with Gasteiger partial charge in [0.05, 0.1) is 5.94 Å². The fourth-order valence-electron chi connectivity index (χ4n) is 5.22. The third kappa shape index (κ3) is 15.8. The molecule has 1 saturated heterocycles. The Morgan fingerprint density at radius 1 is 0.915 bits per heavy atom. The zero-order chi connectivity index (χ0) is 34.8. The van der Waals surface area contributed by atoms with Crippen LogP contribution in [0.4, 0.5) is 0 Å². The minimum atomic E-state index is -1.85. The van der Waals surface area contributed by atoms with Gasteiger partial charge in [-0.1, -0.05) is 38.5 Å². The standard InChI is InChI=1S/C31H51BN8O7/c1-31(2)19-25(41)35-16-9-7-15-24(32(46)47)40-29(45)23(14-10-18-37-30(33)34)39-28(44)22(38-26(42)20-31)13-6-8-17-36-27(43)21-11-4-3-5-12-21/h3-5,11-12,22-24,46-47H,6-10,13-20H2,1-2H3,(H,35,41)(H,36,43)(H,38,42)(H,39,44)(H,40,45)(H4,33,34,37)/t22-,23-,24-/m0/s1. The molecule has 15 nitrogen and oxygen atoms in total. The molecular weight excluding hydrogens is 607 g/mol. The third-order valence-corrected chi connectivity index (χ3v) is 7.70. The summed E-state index contributed by atoms with van der Waals surface area (Å²) >= 11 is 0. The van der Waals surface area contributed by atoms with E-state index in [1.54, 1.807) is 38.1 Å². The van der Waals surface area contributed by atoms with Crippen molar-refractivity contribution in [1.29, 1.82) is 0 Å². The average Bonchev–Trinajstić information content (AvgIpc) is 2.99. The first-order valence-corrected chi connectivity index (χ1v) is 16.2. The minimum absolute atomic E-state index is 0.0180. The van der Waals surface area contributed by atoms with E-state index < -0.39 is 48.3 Å². The second-order valence-corrected chi connectivity index (χ2v) is 12.6. The van der Waals surface area contributed by atoms with Crippen LogP contribution >= 0.6 is 0 Å². The van der Waals surface area contributed by atoms with E-state index in [0.29, 0.717) is 50.8 Å². The zero-order valence-corrected chi connectivity index (χ0v) is 27.4. The summed E-state index contributed by atoms with van der Waals surface area (Å²) in [5.41, 5.74) is 10.6. The number of nitrogens with zero attached hydrogens (tertiary/aromatic N) is 1. The number of nitrogens with one attached hydrogen (secondary N) is 5. The first-order valence-electron chi connectivity index (χ1n) is 16.2. The largest absolute Gasteiger partial charge is 0.475 e. The molecule has 47 heavy (non-hydrogen) atoms. The van der Waals surface area contributed by atoms with Crippen LogP contribution in [-0.2, 0) is 19.2 Å². The van der Waals surface area contributed by atoms with Gasteiger partial charge in [0, 0.05) is 38.0 Å². The van der Waals surface area contributed by atoms with Crippen LogP contribution in [0.25, 0.3) is 0 Å². The van der Waals surface area contributed by atoms with E-state index in [1.165, 1.54) is 0 Å². The topological polar surface area (TPSA) is 250 Å². The zero-order valence-electron chi connectivity index (χ0n) is 27.4. The number of guanidine groups is 1. The van der Waals surface area contributed by atoms with Gasteiger partial charge in [-0.2, -0.15) is 0 Å². The molecule has 1 heterocycles. The molecule has 1 aromatic rings. The summed E-state index contributed by atoms with van der Waals surface area (Å²) in [7, 11) is -1.85. The Labute approximate surface area is 276 Å². The van der Waals surface area contributed by atoms with E-state index in [1.807, 2.05) is 6.07 Å². The molecule has 0 saturated carbocycles. The molecule has 1 fully saturated rings. The summed E-state index contributed by atoms with van der Waals surface area (Å²) in [5.74, 6) is -3.26. The number of aliphatic imine (C=N–C) groups is 1. The Balaban J connectivity index is 2.22. The van der Waals surface area contributed by atoms with Gasteiger partial charge < -0.3 is 48.1 Å². The maximum absolute atomic E-state index is 13.6. The lowest BCUT2D eigenvalue weighted by Crippen LogP contribution is -2.57. The van der Waals surface area contributed by atoms with Crippen LogP contribution in [0.3, 0.4) is 0 Å². The van der Waals surface area contributed by atoms with E-state index in [4.69, 9.17) is 11.5 Å². The van der Waals surface area contributed by atoms with Gasteiger partial charge in [-0.25, -0.2) is 0 Å². The first kappa shape index (κ1) is 39.0. The first-order chi connectivity index (χ1) is 22.3. The lowest BCUT2D eigenvalue weighted by Gasteiger charge is -2.27. The summed E-state index contributed by atoms with van der Waals surface area (Å²) < 4.78 is 0. The van der Waals surface area contributed by atoms with E-state index in [9.17, 15) is 34.0 Å². The maximum Gasteiger partial charge on any atom is 0.475 e. The summed E-state index contributed by atoms with van der Waals surface area (Å²) in [5, 5.41) is 33.7. The molecule has 260 valence electrons. The number of carbonyl (C=O) groups excluding carboxylic acids is 5. The highest BCUT2D eigenvalue weighted by molar-refractivity contribution is 6.43. The maximum atomic E-state index is 13.6. The smallest absolute Gasteiger partial charge is 0.426 e. The molecule has 11 N–H and O–H groups in total. The molecule has 0 spiro atoms. The molecular formula is C31H51BN8O7. The van der Waals surface area contributed by atoms with Crippen molar-refractivity contribution in [3.8, 4) is 0 Å². The highest BCUT2D eigenvalue weighted by Gasteiger charge is 2.32. The Bertz CT molecular complexity index is 1210. The Morgan fingerprint density at radius 3 is 2.23 bits per heavy atom. The lowest BCUT2D eigenvalue weighted by molar-refractivity contribution is -0.133. The number of unbranched alkanes of at least 4 members (excludes halogenated alkanes) is 1. The highest BCUT2D eigenvalue weighted by Crippen LogP contribution is 2.25. The predicted molar refractivity (Wildman–Crippen MR) is 178 cm³/mol. The van der Waals surface area contributed by atoms with Crippen LogP contribution in [0.1, 0.15) is 88.4 Å². The number of nitrogens with two attached hydrogens (primary N) is 2. The highest BCUT2D eigenvalue weighted by atomic mass is 16.4. The molecule has 16 heteroatoms. The van der Waals surface area contributed by atoms with Crippen molar-refractivity contribution in [1.82, 2.24) is 26.6 Å². The van der Waals surface area contributed by atoms with Crippen LogP contribution in [0.5, 0.6) is 0 Å². The van der Waals surface area contributed by atoms with Gasteiger partial charge in [0.1, 0.15) is 12.1 Å². The second kappa shape index (κ2) is 20.1. The van der Waals surface area contributed by atoms with Gasteiger partial charge in [0.2, 0.25) is 23.6 Å². The summed E-state index contributed by atoms with van der Waals surface area (Å²) in [6.45, 7) is 4.47. The van der Waals surface area contributed by atoms with Gasteiger partial charge in [0.15, 0.2) is 5.96 Å². The van der Waals surface area contributed by atoms with Crippen molar-refractivity contribution >= 4 is 42.6 Å². The van der Waals surface area contributed by atoms with Crippen molar-refractivity contribution in [2.24, 2.45) is 21.9 Å². The lowest BCUT2D eigenvalue weighted by atomic mass is 9.76. The molecule has 5 amide bonds. The van der Waals surface area contributed by atoms with Crippen LogP contribution < -0.4 is 38.1 Å². The molecule has 1 aliphatic heterocycles. The molecule has 0 aliphatic carbocycles. The summed E-state index contributed by atoms with van der Waals surface area (Å²) in [4.78, 5) is 69.0. The van der Waals surface area contributed by atoms with Gasteiger partial charge in [-0.05, 0) is 62.5 Å². The number of hydrogen-bond donors (Lipinski definition) is 9. The molecule has 0 aromatic heterocycles. The second-order valence-electron chi connectivity index (χ2n) is 12.6. The number of rotatable bonds is 11. The van der Waals surface area contributed by atoms with Gasteiger partial charge in [-0.3, -0.25) is 29.0 Å². The number of hydrogen-bond acceptors (Lipinski definition) is 8. The van der Waals surface area contributed by atoms with E-state index in [2.05, 4.69) is 31.6 Å². The molecule has 0 bridgehead atoms. The average molecular weight is 659 g/mol. The molecule has 1 aromatic carbocycles. The molecule has 2 rings (SSSR count). The Kier molecular flexibility index (Phi) is 16.7. The van der Waals surface area contributed by atoms with E-state index in [0.717, 1.165) is 0 Å². The van der Waals surface area contributed by atoms with E-state index >= 15 is 0 Å². The van der Waals surface area contributed by atoms with Crippen molar-refractivity contribution in [3.63, 3.8) is 0 Å². The molecule has 0 unspecified atom stereocenters. The van der Waals surface area contributed by atoms with Gasteiger partial charge in [0.25, 0.3) is 5.91 Å². The third-order valence-electron chi connectivity index (χ3n) is 7.70. The number of amides is 5. The minimum Gasteiger partial charge on any atom is -0.426 e. The predicted octanol–water partition coefficient (Wildman–Crippen LogP) is -0.787. The summed E-state index contributed by atoms with van der Waals surface area (Å²) in [6.07, 6.45) is 2.94. The monoisotopic (exact) mass is 658 g/mol. The summed E-state index contributed by atoms with van der Waals surface area (Å²) in [6, 6.07) is 6.65. The van der Waals surface area contributed by atoms with Gasteiger partial charge >= 0.3 is 7.12 Å². The normalized spacial score (nSPS) is 21.5. The molecule has 3 atom stereocenters. The molecule has 0 radical (unpaired) electrons. The fraction of sp³-hybridized carbons (Fsp3) is 0.613. The van der Waals surface area contributed by atoms with Crippen LogP contribution in [-0.4, -0.2) is 90.3 Å². The Hall–Kier alpha value is -4.18. The number of carbonyl (C=O) groups is 5. The van der Waals surface area contributed by atoms with Crippen molar-refractivity contribution in [3.05, 3.63) is 35.9 Å². The molecule has 1 aliphatic rings. The SMILES string of the molecule is CC1(C)CC(=O)NCCCC[C@@H](B(O)O)NC(=O)[C@H](CCCN=C(N)N)NC(=O)[C@H](CCCCNC(=O)c2ccccc2)NC(=O)C1. The Morgan fingerprint density at radius 2 is 1.55 bits per heavy atom. The van der Waals surface area contributed by atoms with Crippen LogP contribution in [0, 0.1) is 5.41 Å². The van der Waals surface area contributed by atoms with Crippen molar-refractivity contribution < 1.29 is 34.0 Å². The van der Waals surface area contributed by atoms with Crippen molar-refractivity contribution in [2.45, 2.75) is 96.1 Å². The fourth-order valence-corrected chi connectivity index (χ4v) is 5.22. The van der Waals surface area contributed by atoms with Gasteiger partial charge in [-0.15, -0.1) is 0 Å². The van der Waals surface area contributed by atoms with Crippen LogP contribution in [0.15, 0.2) is 35.3 Å².